The van der Waals surface area contributed by atoms with Gasteiger partial charge in [0.05, 0.1) is 14.2 Å². The third kappa shape index (κ3) is 7.03. The van der Waals surface area contributed by atoms with Gasteiger partial charge in [-0.25, -0.2) is 0 Å². The second kappa shape index (κ2) is 12.3. The van der Waals surface area contributed by atoms with Gasteiger partial charge in [-0.05, 0) is 44.0 Å². The number of nitrogens with zero attached hydrogens (tertiary/aromatic N) is 3. The Morgan fingerprint density at radius 3 is 2.74 bits per heavy atom. The molecule has 1 aliphatic heterocycles. The maximum Gasteiger partial charge on any atom is 0.193 e. The van der Waals surface area contributed by atoms with Crippen LogP contribution in [0.1, 0.15) is 25.3 Å². The molecule has 2 rings (SSSR count). The molecular formula is C20H35IN4O2. The number of nitrogens with one attached hydrogen (secondary N) is 1. The molecule has 1 aromatic carbocycles. The minimum Gasteiger partial charge on any atom is -0.497 e. The molecule has 1 unspecified atom stereocenters. The van der Waals surface area contributed by atoms with E-state index in [0.717, 1.165) is 42.7 Å². The van der Waals surface area contributed by atoms with Crippen LogP contribution in [0.15, 0.2) is 23.2 Å². The second-order valence-corrected chi connectivity index (χ2v) is 6.86. The molecule has 0 amide bonds. The summed E-state index contributed by atoms with van der Waals surface area (Å²) in [5.74, 6) is 3.23. The van der Waals surface area contributed by atoms with Crippen LogP contribution in [0.3, 0.4) is 0 Å². The molecule has 1 N–H and O–H groups in total. The molecule has 0 aromatic heterocycles. The van der Waals surface area contributed by atoms with E-state index >= 15 is 0 Å². The molecule has 0 radical (unpaired) electrons. The maximum absolute atomic E-state index is 5.51. The minimum atomic E-state index is 0. The number of likely N-dealkylation sites (tertiary alicyclic amines) is 1. The van der Waals surface area contributed by atoms with Crippen molar-refractivity contribution in [3.63, 3.8) is 0 Å². The normalized spacial score (nSPS) is 17.8. The predicted molar refractivity (Wildman–Crippen MR) is 123 cm³/mol. The van der Waals surface area contributed by atoms with Gasteiger partial charge in [-0.3, -0.25) is 4.99 Å². The van der Waals surface area contributed by atoms with E-state index in [0.29, 0.717) is 5.92 Å². The third-order valence-electron chi connectivity index (χ3n) is 5.07. The molecule has 1 aromatic rings. The standard InChI is InChI=1S/C20H34N4O2.HI/c1-6-24-11-7-8-16(14-24)13-22-20(21-2)23(3)15-17-9-10-18(25-4)12-19(17)26-5;/h9-10,12,16H,6-8,11,13-15H2,1-5H3,(H,21,22);1H. The van der Waals surface area contributed by atoms with Crippen molar-refractivity contribution >= 4 is 29.9 Å². The van der Waals surface area contributed by atoms with Crippen LogP contribution in [-0.4, -0.2) is 70.3 Å². The summed E-state index contributed by atoms with van der Waals surface area (Å²) < 4.78 is 10.8. The number of guanidine groups is 1. The molecule has 1 fully saturated rings. The molecule has 0 saturated carbocycles. The second-order valence-electron chi connectivity index (χ2n) is 6.86. The zero-order chi connectivity index (χ0) is 18.9. The zero-order valence-corrected chi connectivity index (χ0v) is 19.7. The fourth-order valence-electron chi connectivity index (χ4n) is 3.54. The summed E-state index contributed by atoms with van der Waals surface area (Å²) in [6, 6.07) is 5.92. The Morgan fingerprint density at radius 2 is 2.11 bits per heavy atom. The smallest absolute Gasteiger partial charge is 0.193 e. The van der Waals surface area contributed by atoms with Gasteiger partial charge in [0.25, 0.3) is 0 Å². The highest BCUT2D eigenvalue weighted by molar-refractivity contribution is 14.0. The molecule has 0 aliphatic carbocycles. The summed E-state index contributed by atoms with van der Waals surface area (Å²) in [6.45, 7) is 7.48. The van der Waals surface area contributed by atoms with Gasteiger partial charge < -0.3 is 24.6 Å². The van der Waals surface area contributed by atoms with E-state index in [-0.39, 0.29) is 24.0 Å². The molecule has 1 aliphatic rings. The van der Waals surface area contributed by atoms with E-state index in [9.17, 15) is 0 Å². The van der Waals surface area contributed by atoms with Crippen molar-refractivity contribution in [3.05, 3.63) is 23.8 Å². The Labute approximate surface area is 181 Å². The van der Waals surface area contributed by atoms with E-state index in [2.05, 4.69) is 34.1 Å². The van der Waals surface area contributed by atoms with Crippen molar-refractivity contribution in [3.8, 4) is 11.5 Å². The zero-order valence-electron chi connectivity index (χ0n) is 17.3. The number of rotatable bonds is 7. The number of ether oxygens (including phenoxy) is 2. The lowest BCUT2D eigenvalue weighted by Gasteiger charge is -2.33. The van der Waals surface area contributed by atoms with Crippen LogP contribution in [0.4, 0.5) is 0 Å². The largest absolute Gasteiger partial charge is 0.497 e. The number of piperidine rings is 1. The van der Waals surface area contributed by atoms with Crippen LogP contribution in [0, 0.1) is 5.92 Å². The first kappa shape index (κ1) is 23.8. The van der Waals surface area contributed by atoms with Gasteiger partial charge in [-0.1, -0.05) is 6.92 Å². The molecule has 0 bridgehead atoms. The topological polar surface area (TPSA) is 49.3 Å². The molecule has 1 saturated heterocycles. The predicted octanol–water partition coefficient (Wildman–Crippen LogP) is 3.06. The summed E-state index contributed by atoms with van der Waals surface area (Å²) >= 11 is 0. The SMILES string of the molecule is CCN1CCCC(CNC(=NC)N(C)Cc2ccc(OC)cc2OC)C1.I. The van der Waals surface area contributed by atoms with Crippen LogP contribution in [-0.2, 0) is 6.54 Å². The van der Waals surface area contributed by atoms with E-state index in [4.69, 9.17) is 9.47 Å². The van der Waals surface area contributed by atoms with Gasteiger partial charge in [-0.15, -0.1) is 24.0 Å². The monoisotopic (exact) mass is 490 g/mol. The average molecular weight is 490 g/mol. The van der Waals surface area contributed by atoms with Gasteiger partial charge in [0.15, 0.2) is 5.96 Å². The van der Waals surface area contributed by atoms with E-state index in [1.54, 1.807) is 14.2 Å². The summed E-state index contributed by atoms with van der Waals surface area (Å²) in [4.78, 5) is 9.11. The lowest BCUT2D eigenvalue weighted by Crippen LogP contribution is -2.44. The maximum atomic E-state index is 5.51. The fourth-order valence-corrected chi connectivity index (χ4v) is 3.54. The first-order chi connectivity index (χ1) is 12.6. The quantitative estimate of drug-likeness (QED) is 0.362. The Bertz CT molecular complexity index is 597. The molecule has 154 valence electrons. The van der Waals surface area contributed by atoms with Crippen molar-refractivity contribution in [2.24, 2.45) is 10.9 Å². The first-order valence-corrected chi connectivity index (χ1v) is 9.46. The Balaban J connectivity index is 0.00000364. The van der Waals surface area contributed by atoms with Gasteiger partial charge in [0, 0.05) is 45.4 Å². The molecule has 0 spiro atoms. The van der Waals surface area contributed by atoms with Crippen molar-refractivity contribution in [2.45, 2.75) is 26.3 Å². The molecular weight excluding hydrogens is 455 g/mol. The van der Waals surface area contributed by atoms with Crippen LogP contribution >= 0.6 is 24.0 Å². The lowest BCUT2D eigenvalue weighted by atomic mass is 9.98. The fraction of sp³-hybridized carbons (Fsp3) is 0.650. The number of benzene rings is 1. The molecule has 6 nitrogen and oxygen atoms in total. The molecule has 1 heterocycles. The Morgan fingerprint density at radius 1 is 1.33 bits per heavy atom. The van der Waals surface area contributed by atoms with Crippen molar-refractivity contribution in [1.82, 2.24) is 15.1 Å². The van der Waals surface area contributed by atoms with Gasteiger partial charge >= 0.3 is 0 Å². The van der Waals surface area contributed by atoms with Crippen LogP contribution < -0.4 is 14.8 Å². The third-order valence-corrected chi connectivity index (χ3v) is 5.07. The van der Waals surface area contributed by atoms with E-state index in [1.807, 2.05) is 25.2 Å². The highest BCUT2D eigenvalue weighted by atomic mass is 127. The van der Waals surface area contributed by atoms with Crippen molar-refractivity contribution in [1.29, 1.82) is 0 Å². The van der Waals surface area contributed by atoms with Crippen LogP contribution in [0.25, 0.3) is 0 Å². The van der Waals surface area contributed by atoms with Crippen LogP contribution in [0.2, 0.25) is 0 Å². The average Bonchev–Trinajstić information content (AvgIpc) is 2.68. The number of methoxy groups -OCH3 is 2. The number of aliphatic imine (C=N–C) groups is 1. The van der Waals surface area contributed by atoms with Gasteiger partial charge in [0.1, 0.15) is 11.5 Å². The van der Waals surface area contributed by atoms with Crippen LogP contribution in [0.5, 0.6) is 11.5 Å². The molecule has 7 heteroatoms. The number of halogens is 1. The highest BCUT2D eigenvalue weighted by Gasteiger charge is 2.19. The van der Waals surface area contributed by atoms with E-state index < -0.39 is 0 Å². The Hall–Kier alpha value is -1.22. The minimum absolute atomic E-state index is 0. The first-order valence-electron chi connectivity index (χ1n) is 9.46. The van der Waals surface area contributed by atoms with Crippen molar-refractivity contribution < 1.29 is 9.47 Å². The molecule has 1 atom stereocenters. The van der Waals surface area contributed by atoms with E-state index in [1.165, 1.54) is 25.9 Å². The summed E-state index contributed by atoms with van der Waals surface area (Å²) in [5, 5.41) is 3.55. The highest BCUT2D eigenvalue weighted by Crippen LogP contribution is 2.25. The summed E-state index contributed by atoms with van der Waals surface area (Å²) in [7, 11) is 7.24. The van der Waals surface area contributed by atoms with Crippen molar-refractivity contribution in [2.75, 3.05) is 54.5 Å². The lowest BCUT2D eigenvalue weighted by molar-refractivity contribution is 0.183. The molecule has 27 heavy (non-hydrogen) atoms. The number of hydrogen-bond donors (Lipinski definition) is 1. The summed E-state index contributed by atoms with van der Waals surface area (Å²) in [5.41, 5.74) is 1.11. The summed E-state index contributed by atoms with van der Waals surface area (Å²) in [6.07, 6.45) is 2.58. The van der Waals surface area contributed by atoms with Gasteiger partial charge in [0.2, 0.25) is 0 Å². The Kier molecular flexibility index (Phi) is 10.8. The number of hydrogen-bond acceptors (Lipinski definition) is 4. The van der Waals surface area contributed by atoms with Gasteiger partial charge in [-0.2, -0.15) is 0 Å².